The number of halogens is 3. The number of rotatable bonds is 7. The zero-order valence-corrected chi connectivity index (χ0v) is 22.6. The second-order valence-corrected chi connectivity index (χ2v) is 10.5. The van der Waals surface area contributed by atoms with Gasteiger partial charge in [-0.15, -0.1) is 0 Å². The van der Waals surface area contributed by atoms with Crippen molar-refractivity contribution in [1.82, 2.24) is 5.32 Å². The van der Waals surface area contributed by atoms with Crippen molar-refractivity contribution in [2.24, 2.45) is 0 Å². The van der Waals surface area contributed by atoms with E-state index in [0.29, 0.717) is 35.9 Å². The molecule has 3 aliphatic rings. The highest BCUT2D eigenvalue weighted by molar-refractivity contribution is 5.99. The summed E-state index contributed by atoms with van der Waals surface area (Å²) in [6.07, 6.45) is -5.55. The molecule has 0 aliphatic carbocycles. The lowest BCUT2D eigenvalue weighted by atomic mass is 9.84. The van der Waals surface area contributed by atoms with Gasteiger partial charge in [0.1, 0.15) is 18.0 Å². The van der Waals surface area contributed by atoms with Crippen molar-refractivity contribution in [3.05, 3.63) is 77.4 Å². The van der Waals surface area contributed by atoms with Crippen molar-refractivity contribution in [2.45, 2.75) is 49.8 Å². The molecule has 3 aromatic carbocycles. The van der Waals surface area contributed by atoms with Gasteiger partial charge in [0, 0.05) is 29.4 Å². The molecule has 226 valence electrons. The van der Waals surface area contributed by atoms with Crippen LogP contribution in [0.4, 0.5) is 29.3 Å². The first-order chi connectivity index (χ1) is 20.7. The van der Waals surface area contributed by atoms with E-state index in [0.717, 1.165) is 23.3 Å². The van der Waals surface area contributed by atoms with E-state index in [-0.39, 0.29) is 37.3 Å². The quantitative estimate of drug-likeness (QED) is 0.308. The summed E-state index contributed by atoms with van der Waals surface area (Å²) in [5.74, 6) is 1.45. The molecule has 4 atom stereocenters. The maximum absolute atomic E-state index is 12.8. The first-order valence-corrected chi connectivity index (χ1v) is 13.6. The molecule has 0 unspecified atom stereocenters. The van der Waals surface area contributed by atoms with Gasteiger partial charge in [0.25, 0.3) is 0 Å². The van der Waals surface area contributed by atoms with E-state index < -0.39 is 36.1 Å². The molecule has 1 fully saturated rings. The van der Waals surface area contributed by atoms with Crippen molar-refractivity contribution in [3.63, 3.8) is 0 Å². The topological polar surface area (TPSA) is 127 Å². The molecule has 0 spiro atoms. The van der Waals surface area contributed by atoms with Gasteiger partial charge < -0.3 is 40.0 Å². The van der Waals surface area contributed by atoms with E-state index in [9.17, 15) is 27.9 Å². The molecule has 1 saturated heterocycles. The Morgan fingerprint density at radius 2 is 1.63 bits per heavy atom. The van der Waals surface area contributed by atoms with Crippen LogP contribution in [0.15, 0.2) is 60.7 Å². The lowest BCUT2D eigenvalue weighted by Crippen LogP contribution is -2.47. The van der Waals surface area contributed by atoms with Gasteiger partial charge in [-0.2, -0.15) is 13.2 Å². The van der Waals surface area contributed by atoms with Crippen molar-refractivity contribution in [1.29, 1.82) is 0 Å². The molecule has 3 aromatic rings. The number of fused-ring (bicyclic) bond motifs is 4. The molecule has 3 heterocycles. The number of nitrogens with one attached hydrogen (secondary N) is 3. The van der Waals surface area contributed by atoms with E-state index in [1.54, 1.807) is 24.3 Å². The molecular formula is C30H28F3N3O7. The Morgan fingerprint density at radius 1 is 0.907 bits per heavy atom. The van der Waals surface area contributed by atoms with Gasteiger partial charge in [0.2, 0.25) is 12.7 Å². The van der Waals surface area contributed by atoms with Gasteiger partial charge in [-0.1, -0.05) is 6.07 Å². The second-order valence-electron chi connectivity index (χ2n) is 10.5. The number of aliphatic hydroxyl groups is 1. The molecule has 0 aromatic heterocycles. The van der Waals surface area contributed by atoms with Crippen LogP contribution in [0.5, 0.6) is 17.2 Å². The van der Waals surface area contributed by atoms with Gasteiger partial charge in [-0.25, -0.2) is 4.79 Å². The Balaban J connectivity index is 1.07. The van der Waals surface area contributed by atoms with Gasteiger partial charge in [0.05, 0.1) is 24.7 Å². The molecule has 3 amide bonds. The first kappa shape index (κ1) is 28.6. The molecule has 0 bridgehead atoms. The van der Waals surface area contributed by atoms with Crippen LogP contribution in [-0.2, 0) is 22.3 Å². The average Bonchev–Trinajstić information content (AvgIpc) is 3.59. The molecule has 43 heavy (non-hydrogen) atoms. The highest BCUT2D eigenvalue weighted by Gasteiger charge is 2.46. The minimum Gasteiger partial charge on any atom is -0.487 e. The van der Waals surface area contributed by atoms with Crippen LogP contribution >= 0.6 is 0 Å². The fraction of sp³-hybridized carbons (Fsp3) is 0.333. The summed E-state index contributed by atoms with van der Waals surface area (Å²) in [4.78, 5) is 25.3. The van der Waals surface area contributed by atoms with Crippen LogP contribution in [0.3, 0.4) is 0 Å². The monoisotopic (exact) mass is 599 g/mol. The van der Waals surface area contributed by atoms with Crippen LogP contribution in [0.2, 0.25) is 0 Å². The number of amides is 3. The Hall–Kier alpha value is -4.49. The average molecular weight is 600 g/mol. The highest BCUT2D eigenvalue weighted by atomic mass is 19.4. The maximum Gasteiger partial charge on any atom is 0.416 e. The van der Waals surface area contributed by atoms with Gasteiger partial charge >= 0.3 is 12.2 Å². The van der Waals surface area contributed by atoms with Crippen molar-refractivity contribution < 1.29 is 46.8 Å². The molecule has 3 aliphatic heterocycles. The number of hydrogen-bond donors (Lipinski definition) is 4. The molecule has 10 nitrogen and oxygen atoms in total. The number of carbonyl (C=O) groups excluding carboxylic acids is 2. The third-order valence-corrected chi connectivity index (χ3v) is 7.57. The molecule has 0 saturated carbocycles. The third kappa shape index (κ3) is 6.32. The highest BCUT2D eigenvalue weighted by Crippen LogP contribution is 2.47. The maximum atomic E-state index is 12.8. The first-order valence-electron chi connectivity index (χ1n) is 13.6. The fourth-order valence-corrected chi connectivity index (χ4v) is 5.53. The van der Waals surface area contributed by atoms with Crippen molar-refractivity contribution >= 4 is 23.3 Å². The molecule has 4 N–H and O–H groups in total. The van der Waals surface area contributed by atoms with Crippen LogP contribution in [0.25, 0.3) is 0 Å². The summed E-state index contributed by atoms with van der Waals surface area (Å²) < 4.78 is 61.2. The number of ether oxygens (including phenoxy) is 4. The predicted molar refractivity (Wildman–Crippen MR) is 147 cm³/mol. The normalized spacial score (nSPS) is 21.8. The second kappa shape index (κ2) is 11.7. The number of benzene rings is 3. The lowest BCUT2D eigenvalue weighted by Gasteiger charge is -2.37. The SMILES string of the molecule is O=C(C[C@@H]1C[C@@H]2c3cc(NC(=O)Nc4ccc(C(F)(F)F)cc4)ccc3O[C@@H]2[C@@H](CO)O1)NCc1ccc2c(c1)OCO2. The van der Waals surface area contributed by atoms with Crippen LogP contribution in [0.1, 0.15) is 35.4 Å². The van der Waals surface area contributed by atoms with Gasteiger partial charge in [-0.3, -0.25) is 4.79 Å². The summed E-state index contributed by atoms with van der Waals surface area (Å²) >= 11 is 0. The molecule has 0 radical (unpaired) electrons. The minimum absolute atomic E-state index is 0.0765. The van der Waals surface area contributed by atoms with E-state index >= 15 is 0 Å². The van der Waals surface area contributed by atoms with Gasteiger partial charge in [0.15, 0.2) is 11.5 Å². The van der Waals surface area contributed by atoms with E-state index in [4.69, 9.17) is 18.9 Å². The van der Waals surface area contributed by atoms with E-state index in [2.05, 4.69) is 16.0 Å². The van der Waals surface area contributed by atoms with Crippen LogP contribution in [-0.4, -0.2) is 48.8 Å². The van der Waals surface area contributed by atoms with Crippen molar-refractivity contribution in [3.8, 4) is 17.2 Å². The number of hydrogen-bond acceptors (Lipinski definition) is 7. The standard InChI is InChI=1S/C30H28F3N3O7/c31-30(32,33)17-2-4-18(5-3-17)35-29(39)36-19-6-8-23-21(10-19)22-11-20(42-26(14-37)28(22)43-23)12-27(38)34-13-16-1-7-24-25(9-16)41-15-40-24/h1-10,20,22,26,28,37H,11-15H2,(H,34,38)(H2,35,36,39)/t20-,22+,26+,28-/m0/s1. The number of alkyl halides is 3. The van der Waals surface area contributed by atoms with E-state index in [1.165, 1.54) is 12.1 Å². The summed E-state index contributed by atoms with van der Waals surface area (Å²) in [5, 5.41) is 18.1. The summed E-state index contributed by atoms with van der Waals surface area (Å²) in [6, 6.07) is 14.0. The van der Waals surface area contributed by atoms with Crippen molar-refractivity contribution in [2.75, 3.05) is 24.0 Å². The number of aliphatic hydroxyl groups excluding tert-OH is 1. The molecular weight excluding hydrogens is 571 g/mol. The smallest absolute Gasteiger partial charge is 0.416 e. The molecule has 13 heteroatoms. The number of carbonyl (C=O) groups is 2. The predicted octanol–water partition coefficient (Wildman–Crippen LogP) is 4.78. The largest absolute Gasteiger partial charge is 0.487 e. The van der Waals surface area contributed by atoms with Gasteiger partial charge in [-0.05, 0) is 66.6 Å². The third-order valence-electron chi connectivity index (χ3n) is 7.57. The summed E-state index contributed by atoms with van der Waals surface area (Å²) in [6.45, 7) is 0.164. The molecule has 6 rings (SSSR count). The Kier molecular flexibility index (Phi) is 7.75. The summed E-state index contributed by atoms with van der Waals surface area (Å²) in [7, 11) is 0. The van der Waals surface area contributed by atoms with E-state index in [1.807, 2.05) is 12.1 Å². The lowest BCUT2D eigenvalue weighted by molar-refractivity contribution is -0.142. The summed E-state index contributed by atoms with van der Waals surface area (Å²) in [5.41, 5.74) is 1.48. The minimum atomic E-state index is -4.47. The Labute approximate surface area is 244 Å². The zero-order valence-electron chi connectivity index (χ0n) is 22.6. The van der Waals surface area contributed by atoms with Crippen LogP contribution < -0.4 is 30.2 Å². The number of urea groups is 1. The fourth-order valence-electron chi connectivity index (χ4n) is 5.53. The Bertz CT molecular complexity index is 1520. The zero-order chi connectivity index (χ0) is 30.1. The Morgan fingerprint density at radius 3 is 2.40 bits per heavy atom. The van der Waals surface area contributed by atoms with Crippen LogP contribution in [0, 0.1) is 0 Å². The number of anilines is 2.